The Morgan fingerprint density at radius 2 is 1.85 bits per heavy atom. The molecule has 114 valence electrons. The number of carbonyl (C=O) groups is 1. The number of amides is 1. The molecule has 6 heteroatoms. The number of hydrogen-bond donors (Lipinski definition) is 1. The van der Waals surface area contributed by atoms with E-state index >= 15 is 0 Å². The highest BCUT2D eigenvalue weighted by molar-refractivity contribution is 7.19. The second kappa shape index (κ2) is 6.83. The lowest BCUT2D eigenvalue weighted by atomic mass is 10.3. The zero-order chi connectivity index (χ0) is 15.4. The van der Waals surface area contributed by atoms with Crippen molar-refractivity contribution < 1.29 is 9.53 Å². The molecular weight excluding hydrogens is 274 g/mol. The molecule has 1 heterocycles. The van der Waals surface area contributed by atoms with E-state index in [1.165, 1.54) is 16.2 Å². The van der Waals surface area contributed by atoms with Crippen LogP contribution < -0.4 is 15.4 Å². The minimum atomic E-state index is -0.0838. The van der Waals surface area contributed by atoms with Crippen molar-refractivity contribution in [2.45, 2.75) is 33.8 Å². The summed E-state index contributed by atoms with van der Waals surface area (Å²) in [6.45, 7) is 9.76. The van der Waals surface area contributed by atoms with E-state index in [1.54, 1.807) is 14.1 Å². The van der Waals surface area contributed by atoms with E-state index in [1.807, 2.05) is 13.8 Å². The molecule has 1 amide bonds. The van der Waals surface area contributed by atoms with Gasteiger partial charge in [-0.05, 0) is 27.7 Å². The Labute approximate surface area is 125 Å². The number of rotatable bonds is 6. The molecule has 0 radical (unpaired) electrons. The van der Waals surface area contributed by atoms with E-state index in [4.69, 9.17) is 10.5 Å². The first-order valence-electron chi connectivity index (χ1n) is 6.88. The molecule has 0 atom stereocenters. The summed E-state index contributed by atoms with van der Waals surface area (Å²) in [5, 5.41) is 0.936. The molecule has 5 nitrogen and oxygen atoms in total. The number of nitrogen functional groups attached to an aromatic ring is 1. The van der Waals surface area contributed by atoms with Crippen LogP contribution in [0.25, 0.3) is 0 Å². The smallest absolute Gasteiger partial charge is 0.265 e. The van der Waals surface area contributed by atoms with Crippen LogP contribution in [0.3, 0.4) is 0 Å². The van der Waals surface area contributed by atoms with Crippen LogP contribution >= 0.6 is 11.3 Å². The molecule has 0 aromatic carbocycles. The maximum Gasteiger partial charge on any atom is 0.265 e. The van der Waals surface area contributed by atoms with Crippen molar-refractivity contribution in [3.8, 4) is 5.75 Å². The molecule has 1 aromatic rings. The van der Waals surface area contributed by atoms with Gasteiger partial charge >= 0.3 is 0 Å². The molecule has 20 heavy (non-hydrogen) atoms. The number of nitrogens with zero attached hydrogens (tertiary/aromatic N) is 2. The molecule has 1 aromatic heterocycles. The van der Waals surface area contributed by atoms with Gasteiger partial charge in [0.25, 0.3) is 5.91 Å². The second-order valence-corrected chi connectivity index (χ2v) is 6.02. The molecular formula is C14H25N3O2S. The lowest BCUT2D eigenvalue weighted by Crippen LogP contribution is -2.22. The lowest BCUT2D eigenvalue weighted by molar-refractivity contribution is 0.0833. The molecule has 0 fully saturated rings. The van der Waals surface area contributed by atoms with Gasteiger partial charge in [0.15, 0.2) is 5.75 Å². The van der Waals surface area contributed by atoms with Crippen molar-refractivity contribution in [3.63, 3.8) is 0 Å². The monoisotopic (exact) mass is 299 g/mol. The van der Waals surface area contributed by atoms with Gasteiger partial charge < -0.3 is 20.3 Å². The van der Waals surface area contributed by atoms with E-state index in [2.05, 4.69) is 18.7 Å². The summed E-state index contributed by atoms with van der Waals surface area (Å²) in [6, 6.07) is 0. The average Bonchev–Trinajstić information content (AvgIpc) is 2.68. The molecule has 0 saturated heterocycles. The molecule has 0 unspecified atom stereocenters. The normalized spacial score (nSPS) is 10.8. The van der Waals surface area contributed by atoms with E-state index in [-0.39, 0.29) is 12.0 Å². The van der Waals surface area contributed by atoms with Gasteiger partial charge in [-0.3, -0.25) is 4.79 Å². The molecule has 1 rings (SSSR count). The first-order valence-corrected chi connectivity index (χ1v) is 7.70. The zero-order valence-corrected chi connectivity index (χ0v) is 14.0. The number of thiophene rings is 1. The predicted molar refractivity (Wildman–Crippen MR) is 86.1 cm³/mol. The summed E-state index contributed by atoms with van der Waals surface area (Å²) in [7, 11) is 3.45. The third-order valence-electron chi connectivity index (χ3n) is 2.89. The van der Waals surface area contributed by atoms with Gasteiger partial charge in [0.2, 0.25) is 0 Å². The summed E-state index contributed by atoms with van der Waals surface area (Å²) >= 11 is 1.41. The van der Waals surface area contributed by atoms with Gasteiger partial charge in [-0.15, -0.1) is 11.3 Å². The Balaban J connectivity index is 3.34. The van der Waals surface area contributed by atoms with E-state index < -0.39 is 0 Å². The molecule has 2 N–H and O–H groups in total. The third-order valence-corrected chi connectivity index (χ3v) is 4.12. The van der Waals surface area contributed by atoms with Crippen molar-refractivity contribution in [2.75, 3.05) is 37.8 Å². The Morgan fingerprint density at radius 1 is 1.30 bits per heavy atom. The molecule has 0 saturated carbocycles. The molecule has 0 bridgehead atoms. The maximum atomic E-state index is 12.2. The summed E-state index contributed by atoms with van der Waals surface area (Å²) in [4.78, 5) is 16.4. The standard InChI is InChI=1S/C14H25N3O2S/c1-7-17(8-2)14-11(19-9(3)4)10(15)12(20-14)13(18)16(5)6/h9H,7-8,15H2,1-6H3. The number of nitrogens with two attached hydrogens (primary N) is 1. The van der Waals surface area contributed by atoms with Crippen molar-refractivity contribution in [1.29, 1.82) is 0 Å². The quantitative estimate of drug-likeness (QED) is 0.877. The molecule has 0 aliphatic rings. The average molecular weight is 299 g/mol. The Hall–Kier alpha value is -1.43. The van der Waals surface area contributed by atoms with Gasteiger partial charge in [0.05, 0.1) is 6.10 Å². The fraction of sp³-hybridized carbons (Fsp3) is 0.643. The molecule has 0 aliphatic heterocycles. The van der Waals surface area contributed by atoms with E-state index in [0.717, 1.165) is 18.1 Å². The van der Waals surface area contributed by atoms with Crippen LogP contribution in [0, 0.1) is 0 Å². The first-order chi connectivity index (χ1) is 9.33. The molecule has 0 aliphatic carbocycles. The zero-order valence-electron chi connectivity index (χ0n) is 13.2. The predicted octanol–water partition coefficient (Wildman–Crippen LogP) is 2.67. The van der Waals surface area contributed by atoms with Crippen LogP contribution in [-0.4, -0.2) is 44.1 Å². The van der Waals surface area contributed by atoms with Crippen LogP contribution in [-0.2, 0) is 0 Å². The van der Waals surface area contributed by atoms with Crippen LogP contribution in [0.4, 0.5) is 10.7 Å². The van der Waals surface area contributed by atoms with Crippen molar-refractivity contribution in [2.24, 2.45) is 0 Å². The summed E-state index contributed by atoms with van der Waals surface area (Å²) < 4.78 is 5.84. The summed E-state index contributed by atoms with van der Waals surface area (Å²) in [5.41, 5.74) is 6.60. The van der Waals surface area contributed by atoms with Crippen molar-refractivity contribution >= 4 is 27.9 Å². The highest BCUT2D eigenvalue weighted by Crippen LogP contribution is 2.45. The number of carbonyl (C=O) groups excluding carboxylic acids is 1. The number of hydrogen-bond acceptors (Lipinski definition) is 5. The Kier molecular flexibility index (Phi) is 5.68. The third kappa shape index (κ3) is 3.36. The van der Waals surface area contributed by atoms with Crippen LogP contribution in [0.5, 0.6) is 5.75 Å². The van der Waals surface area contributed by atoms with E-state index in [0.29, 0.717) is 16.3 Å². The largest absolute Gasteiger partial charge is 0.486 e. The lowest BCUT2D eigenvalue weighted by Gasteiger charge is -2.21. The topological polar surface area (TPSA) is 58.8 Å². The number of ether oxygens (including phenoxy) is 1. The van der Waals surface area contributed by atoms with Crippen LogP contribution in [0.1, 0.15) is 37.4 Å². The number of anilines is 2. The summed E-state index contributed by atoms with van der Waals surface area (Å²) in [6.07, 6.45) is 0.0171. The fourth-order valence-electron chi connectivity index (χ4n) is 1.85. The highest BCUT2D eigenvalue weighted by atomic mass is 32.1. The van der Waals surface area contributed by atoms with Crippen LogP contribution in [0.2, 0.25) is 0 Å². The van der Waals surface area contributed by atoms with Crippen LogP contribution in [0.15, 0.2) is 0 Å². The minimum Gasteiger partial charge on any atom is -0.486 e. The van der Waals surface area contributed by atoms with Gasteiger partial charge in [0.1, 0.15) is 15.6 Å². The van der Waals surface area contributed by atoms with Crippen molar-refractivity contribution in [3.05, 3.63) is 4.88 Å². The second-order valence-electron chi connectivity index (χ2n) is 5.02. The fourth-order valence-corrected chi connectivity index (χ4v) is 3.15. The first kappa shape index (κ1) is 16.6. The molecule has 0 spiro atoms. The van der Waals surface area contributed by atoms with Gasteiger partial charge in [-0.25, -0.2) is 0 Å². The maximum absolute atomic E-state index is 12.2. The Morgan fingerprint density at radius 3 is 2.25 bits per heavy atom. The van der Waals surface area contributed by atoms with E-state index in [9.17, 15) is 4.79 Å². The minimum absolute atomic E-state index is 0.0171. The van der Waals surface area contributed by atoms with Crippen molar-refractivity contribution in [1.82, 2.24) is 4.90 Å². The highest BCUT2D eigenvalue weighted by Gasteiger charge is 2.26. The van der Waals surface area contributed by atoms with Gasteiger partial charge in [-0.1, -0.05) is 0 Å². The Bertz CT molecular complexity index is 465. The van der Waals surface area contributed by atoms with Gasteiger partial charge in [0, 0.05) is 27.2 Å². The van der Waals surface area contributed by atoms with Gasteiger partial charge in [-0.2, -0.15) is 0 Å². The summed E-state index contributed by atoms with van der Waals surface area (Å²) in [5.74, 6) is 0.554. The SMILES string of the molecule is CCN(CC)c1sc(C(=O)N(C)C)c(N)c1OC(C)C.